The van der Waals surface area contributed by atoms with E-state index in [0.717, 1.165) is 10.4 Å². The van der Waals surface area contributed by atoms with Gasteiger partial charge in [-0.2, -0.15) is 0 Å². The van der Waals surface area contributed by atoms with Gasteiger partial charge in [-0.25, -0.2) is 0 Å². The highest BCUT2D eigenvalue weighted by Gasteiger charge is 2.20. The van der Waals surface area contributed by atoms with Crippen LogP contribution >= 0.6 is 11.3 Å². The first-order valence-electron chi connectivity index (χ1n) is 3.68. The maximum Gasteiger partial charge on any atom is 0.0774 e. The standard InChI is InChI=1S/C8H13NO2S/c1-8(9,5-11)6-2-7(3-10)12-4-6/h2,4,10-11H,3,5,9H2,1H3/t8-/m1/s1. The quantitative estimate of drug-likeness (QED) is 0.642. The van der Waals surface area contributed by atoms with Gasteiger partial charge in [0, 0.05) is 4.88 Å². The lowest BCUT2D eigenvalue weighted by atomic mass is 9.97. The second-order valence-electron chi connectivity index (χ2n) is 3.04. The first-order chi connectivity index (χ1) is 5.60. The van der Waals surface area contributed by atoms with E-state index in [1.807, 2.05) is 11.4 Å². The number of thiophene rings is 1. The van der Waals surface area contributed by atoms with Crippen LogP contribution in [0.2, 0.25) is 0 Å². The van der Waals surface area contributed by atoms with Crippen molar-refractivity contribution in [1.29, 1.82) is 0 Å². The highest BCUT2D eigenvalue weighted by molar-refractivity contribution is 7.10. The lowest BCUT2D eigenvalue weighted by Gasteiger charge is -2.19. The Morgan fingerprint density at radius 3 is 2.67 bits per heavy atom. The zero-order valence-corrected chi connectivity index (χ0v) is 7.77. The van der Waals surface area contributed by atoms with Gasteiger partial charge in [-0.05, 0) is 23.9 Å². The smallest absolute Gasteiger partial charge is 0.0774 e. The monoisotopic (exact) mass is 187 g/mol. The molecule has 1 aromatic rings. The van der Waals surface area contributed by atoms with Crippen molar-refractivity contribution in [2.45, 2.75) is 19.1 Å². The van der Waals surface area contributed by atoms with E-state index in [2.05, 4.69) is 0 Å². The van der Waals surface area contributed by atoms with Crippen LogP contribution in [0.4, 0.5) is 0 Å². The molecule has 0 aromatic carbocycles. The number of hydrogen-bond acceptors (Lipinski definition) is 4. The molecule has 0 spiro atoms. The van der Waals surface area contributed by atoms with Gasteiger partial charge in [-0.1, -0.05) is 0 Å². The minimum atomic E-state index is -0.691. The van der Waals surface area contributed by atoms with E-state index >= 15 is 0 Å². The number of rotatable bonds is 3. The Morgan fingerprint density at radius 2 is 2.25 bits per heavy atom. The van der Waals surface area contributed by atoms with Crippen LogP contribution < -0.4 is 5.73 Å². The fourth-order valence-corrected chi connectivity index (χ4v) is 1.74. The van der Waals surface area contributed by atoms with Crippen molar-refractivity contribution >= 4 is 11.3 Å². The molecule has 0 unspecified atom stereocenters. The average Bonchev–Trinajstić information content (AvgIpc) is 2.52. The van der Waals surface area contributed by atoms with Crippen molar-refractivity contribution < 1.29 is 10.2 Å². The summed E-state index contributed by atoms with van der Waals surface area (Å²) in [5, 5.41) is 19.6. The molecular formula is C8H13NO2S. The zero-order chi connectivity index (χ0) is 9.19. The molecule has 3 nitrogen and oxygen atoms in total. The highest BCUT2D eigenvalue weighted by Crippen LogP contribution is 2.23. The Hall–Kier alpha value is -0.420. The van der Waals surface area contributed by atoms with Gasteiger partial charge in [0.05, 0.1) is 18.8 Å². The van der Waals surface area contributed by atoms with E-state index in [4.69, 9.17) is 15.9 Å². The van der Waals surface area contributed by atoms with Gasteiger partial charge in [0.2, 0.25) is 0 Å². The van der Waals surface area contributed by atoms with Gasteiger partial charge in [0.15, 0.2) is 0 Å². The summed E-state index contributed by atoms with van der Waals surface area (Å²) in [6.07, 6.45) is 0. The molecule has 0 saturated carbocycles. The molecule has 12 heavy (non-hydrogen) atoms. The molecule has 0 bridgehead atoms. The summed E-state index contributed by atoms with van der Waals surface area (Å²) >= 11 is 1.45. The number of aliphatic hydroxyl groups excluding tert-OH is 2. The van der Waals surface area contributed by atoms with Crippen molar-refractivity contribution in [2.24, 2.45) is 5.73 Å². The Labute approximate surface area is 75.5 Å². The number of aliphatic hydroxyl groups is 2. The van der Waals surface area contributed by atoms with Crippen molar-refractivity contribution in [3.05, 3.63) is 21.9 Å². The zero-order valence-electron chi connectivity index (χ0n) is 6.95. The van der Waals surface area contributed by atoms with Crippen molar-refractivity contribution in [3.8, 4) is 0 Å². The molecule has 0 radical (unpaired) electrons. The molecule has 1 atom stereocenters. The average molecular weight is 187 g/mol. The van der Waals surface area contributed by atoms with E-state index in [0.29, 0.717) is 0 Å². The van der Waals surface area contributed by atoms with E-state index in [1.54, 1.807) is 6.92 Å². The maximum absolute atomic E-state index is 8.95. The lowest BCUT2D eigenvalue weighted by molar-refractivity contribution is 0.210. The summed E-state index contributed by atoms with van der Waals surface area (Å²) in [7, 11) is 0. The fraction of sp³-hybridized carbons (Fsp3) is 0.500. The Balaban J connectivity index is 2.88. The number of hydrogen-bond donors (Lipinski definition) is 3. The molecule has 0 saturated heterocycles. The van der Waals surface area contributed by atoms with Gasteiger partial charge >= 0.3 is 0 Å². The summed E-state index contributed by atoms with van der Waals surface area (Å²) in [4.78, 5) is 0.870. The molecule has 1 aromatic heterocycles. The second kappa shape index (κ2) is 3.53. The fourth-order valence-electron chi connectivity index (χ4n) is 0.854. The molecule has 4 N–H and O–H groups in total. The van der Waals surface area contributed by atoms with Crippen LogP contribution in [0.5, 0.6) is 0 Å². The molecule has 68 valence electrons. The summed E-state index contributed by atoms with van der Waals surface area (Å²) in [6.45, 7) is 1.71. The lowest BCUT2D eigenvalue weighted by Crippen LogP contribution is -2.36. The molecule has 1 heterocycles. The van der Waals surface area contributed by atoms with E-state index < -0.39 is 5.54 Å². The molecule has 0 aliphatic heterocycles. The normalized spacial score (nSPS) is 16.0. The molecule has 0 amide bonds. The molecule has 4 heteroatoms. The topological polar surface area (TPSA) is 66.5 Å². The van der Waals surface area contributed by atoms with E-state index in [-0.39, 0.29) is 13.2 Å². The van der Waals surface area contributed by atoms with Gasteiger partial charge in [0.1, 0.15) is 0 Å². The van der Waals surface area contributed by atoms with Crippen LogP contribution in [0.1, 0.15) is 17.4 Å². The molecule has 0 fully saturated rings. The first-order valence-corrected chi connectivity index (χ1v) is 4.56. The third-order valence-electron chi connectivity index (χ3n) is 1.80. The second-order valence-corrected chi connectivity index (χ2v) is 4.03. The predicted octanol–water partition coefficient (Wildman–Crippen LogP) is 0.407. The maximum atomic E-state index is 8.95. The third kappa shape index (κ3) is 1.84. The van der Waals surface area contributed by atoms with E-state index in [1.165, 1.54) is 11.3 Å². The number of nitrogens with two attached hydrogens (primary N) is 1. The molecule has 0 aliphatic rings. The van der Waals surface area contributed by atoms with Crippen LogP contribution in [0.15, 0.2) is 11.4 Å². The third-order valence-corrected chi connectivity index (χ3v) is 2.72. The largest absolute Gasteiger partial charge is 0.394 e. The highest BCUT2D eigenvalue weighted by atomic mass is 32.1. The van der Waals surface area contributed by atoms with Gasteiger partial charge < -0.3 is 15.9 Å². The molecule has 1 rings (SSSR count). The van der Waals surface area contributed by atoms with Crippen LogP contribution in [-0.2, 0) is 12.1 Å². The SMILES string of the molecule is C[C@@](N)(CO)c1csc(CO)c1. The summed E-state index contributed by atoms with van der Waals surface area (Å²) in [5.74, 6) is 0. The Morgan fingerprint density at radius 1 is 1.58 bits per heavy atom. The van der Waals surface area contributed by atoms with Crippen LogP contribution in [-0.4, -0.2) is 16.8 Å². The van der Waals surface area contributed by atoms with Gasteiger partial charge in [0.25, 0.3) is 0 Å². The van der Waals surface area contributed by atoms with Crippen LogP contribution in [0.25, 0.3) is 0 Å². The minimum absolute atomic E-state index is 0.0339. The Kier molecular flexibility index (Phi) is 2.85. The van der Waals surface area contributed by atoms with Gasteiger partial charge in [-0.3, -0.25) is 0 Å². The van der Waals surface area contributed by atoms with Gasteiger partial charge in [-0.15, -0.1) is 11.3 Å². The molecule has 0 aliphatic carbocycles. The summed E-state index contributed by atoms with van der Waals surface area (Å²) < 4.78 is 0. The first kappa shape index (κ1) is 9.67. The summed E-state index contributed by atoms with van der Waals surface area (Å²) in [5.41, 5.74) is 5.96. The predicted molar refractivity (Wildman–Crippen MR) is 48.9 cm³/mol. The van der Waals surface area contributed by atoms with Crippen molar-refractivity contribution in [1.82, 2.24) is 0 Å². The molecular weight excluding hydrogens is 174 g/mol. The van der Waals surface area contributed by atoms with Crippen molar-refractivity contribution in [2.75, 3.05) is 6.61 Å². The van der Waals surface area contributed by atoms with Crippen LogP contribution in [0.3, 0.4) is 0 Å². The Bertz CT molecular complexity index is 257. The van der Waals surface area contributed by atoms with Crippen LogP contribution in [0, 0.1) is 0 Å². The summed E-state index contributed by atoms with van der Waals surface area (Å²) in [6, 6.07) is 1.82. The van der Waals surface area contributed by atoms with E-state index in [9.17, 15) is 0 Å². The van der Waals surface area contributed by atoms with Crippen molar-refractivity contribution in [3.63, 3.8) is 0 Å². The minimum Gasteiger partial charge on any atom is -0.394 e.